The van der Waals surface area contributed by atoms with Gasteiger partial charge in [0.1, 0.15) is 5.00 Å². The first-order valence-electron chi connectivity index (χ1n) is 6.80. The average molecular weight is 287 g/mol. The summed E-state index contributed by atoms with van der Waals surface area (Å²) in [5.74, 6) is 0.177. The fourth-order valence-corrected chi connectivity index (χ4v) is 3.48. The minimum absolute atomic E-state index is 0.0408. The van der Waals surface area contributed by atoms with E-state index >= 15 is 0 Å². The number of allylic oxidation sites excluding steroid dienone is 2. The third-order valence-electron chi connectivity index (χ3n) is 3.60. The molecule has 4 nitrogen and oxygen atoms in total. The van der Waals surface area contributed by atoms with E-state index in [1.807, 2.05) is 17.7 Å². The lowest BCUT2D eigenvalue weighted by molar-refractivity contribution is -0.124. The van der Waals surface area contributed by atoms with Gasteiger partial charge in [-0.1, -0.05) is 13.8 Å². The Morgan fingerprint density at radius 1 is 1.50 bits per heavy atom. The Morgan fingerprint density at radius 2 is 2.35 bits per heavy atom. The number of aromatic nitrogens is 2. The number of imidazole rings is 1. The third kappa shape index (κ3) is 2.29. The van der Waals surface area contributed by atoms with Crippen LogP contribution in [0.15, 0.2) is 36.6 Å². The lowest BCUT2D eigenvalue weighted by Crippen LogP contribution is -2.33. The summed E-state index contributed by atoms with van der Waals surface area (Å²) in [7, 11) is 0. The van der Waals surface area contributed by atoms with Gasteiger partial charge in [0.25, 0.3) is 0 Å². The smallest absolute Gasteiger partial charge is 0.227 e. The highest BCUT2D eigenvalue weighted by Crippen LogP contribution is 2.35. The second-order valence-electron chi connectivity index (χ2n) is 5.01. The van der Waals surface area contributed by atoms with Gasteiger partial charge in [-0.2, -0.15) is 0 Å². The van der Waals surface area contributed by atoms with Gasteiger partial charge in [-0.15, -0.1) is 11.3 Å². The van der Waals surface area contributed by atoms with Gasteiger partial charge in [-0.25, -0.2) is 4.98 Å². The van der Waals surface area contributed by atoms with Crippen LogP contribution >= 0.6 is 11.3 Å². The summed E-state index contributed by atoms with van der Waals surface area (Å²) >= 11 is 1.73. The normalized spacial score (nSPS) is 19.3. The van der Waals surface area contributed by atoms with Gasteiger partial charge in [0.2, 0.25) is 5.91 Å². The predicted molar refractivity (Wildman–Crippen MR) is 80.6 cm³/mol. The van der Waals surface area contributed by atoms with Crippen LogP contribution in [0.4, 0.5) is 0 Å². The van der Waals surface area contributed by atoms with Crippen LogP contribution in [0.2, 0.25) is 0 Å². The quantitative estimate of drug-likeness (QED) is 0.942. The maximum Gasteiger partial charge on any atom is 0.227 e. The second kappa shape index (κ2) is 5.25. The Balaban J connectivity index is 1.97. The lowest BCUT2D eigenvalue weighted by atomic mass is 9.93. The minimum Gasteiger partial charge on any atom is -0.329 e. The zero-order valence-electron chi connectivity index (χ0n) is 11.6. The van der Waals surface area contributed by atoms with Crippen LogP contribution in [0.25, 0.3) is 10.6 Å². The summed E-state index contributed by atoms with van der Waals surface area (Å²) in [5, 5.41) is 4.18. The van der Waals surface area contributed by atoms with Crippen LogP contribution in [-0.4, -0.2) is 15.5 Å². The molecule has 2 aromatic rings. The number of rotatable bonds is 3. The number of hydrogen-bond acceptors (Lipinski definition) is 3. The summed E-state index contributed by atoms with van der Waals surface area (Å²) in [6, 6.07) is 4.23. The van der Waals surface area contributed by atoms with Gasteiger partial charge >= 0.3 is 0 Å². The number of amides is 1. The first kappa shape index (κ1) is 13.1. The van der Waals surface area contributed by atoms with E-state index in [0.29, 0.717) is 0 Å². The maximum absolute atomic E-state index is 11.8. The van der Waals surface area contributed by atoms with Crippen molar-refractivity contribution in [3.05, 3.63) is 41.4 Å². The van der Waals surface area contributed by atoms with Crippen molar-refractivity contribution in [2.24, 2.45) is 5.92 Å². The Labute approximate surface area is 122 Å². The highest BCUT2D eigenvalue weighted by Gasteiger charge is 2.25. The van der Waals surface area contributed by atoms with Crippen LogP contribution in [0.5, 0.6) is 0 Å². The third-order valence-corrected chi connectivity index (χ3v) is 4.76. The predicted octanol–water partition coefficient (Wildman–Crippen LogP) is 3.21. The monoisotopic (exact) mass is 287 g/mol. The average Bonchev–Trinajstić information content (AvgIpc) is 3.10. The van der Waals surface area contributed by atoms with Crippen LogP contribution in [0, 0.1) is 5.92 Å². The maximum atomic E-state index is 11.8. The van der Waals surface area contributed by atoms with Crippen molar-refractivity contribution in [1.82, 2.24) is 14.9 Å². The van der Waals surface area contributed by atoms with Gasteiger partial charge < -0.3 is 5.32 Å². The summed E-state index contributed by atoms with van der Waals surface area (Å²) in [6.45, 7) is 4.06. The largest absolute Gasteiger partial charge is 0.329 e. The second-order valence-corrected chi connectivity index (χ2v) is 6.08. The van der Waals surface area contributed by atoms with Crippen LogP contribution < -0.4 is 5.32 Å². The Kier molecular flexibility index (Phi) is 3.44. The van der Waals surface area contributed by atoms with Crippen LogP contribution in [-0.2, 0) is 4.79 Å². The minimum atomic E-state index is 0.0408. The highest BCUT2D eigenvalue weighted by molar-refractivity contribution is 7.15. The molecule has 104 valence electrons. The van der Waals surface area contributed by atoms with E-state index in [4.69, 9.17) is 0 Å². The lowest BCUT2D eigenvalue weighted by Gasteiger charge is -2.24. The van der Waals surface area contributed by atoms with E-state index in [1.165, 1.54) is 10.5 Å². The van der Waals surface area contributed by atoms with Crippen molar-refractivity contribution in [2.45, 2.75) is 26.7 Å². The number of nitrogens with zero attached hydrogens (tertiary/aromatic N) is 2. The number of hydrogen-bond donors (Lipinski definition) is 1. The molecule has 0 fully saturated rings. The Hall–Kier alpha value is -1.88. The van der Waals surface area contributed by atoms with E-state index in [2.05, 4.69) is 29.4 Å². The molecule has 1 amide bonds. The first-order valence-corrected chi connectivity index (χ1v) is 7.62. The van der Waals surface area contributed by atoms with E-state index < -0.39 is 0 Å². The van der Waals surface area contributed by atoms with E-state index in [0.717, 1.165) is 23.5 Å². The van der Waals surface area contributed by atoms with Crippen molar-refractivity contribution in [3.8, 4) is 5.00 Å². The molecule has 0 saturated carbocycles. The molecule has 1 aliphatic rings. The van der Waals surface area contributed by atoms with Crippen molar-refractivity contribution >= 4 is 22.8 Å². The molecule has 20 heavy (non-hydrogen) atoms. The van der Waals surface area contributed by atoms with Gasteiger partial charge in [-0.05, 0) is 30.5 Å². The molecule has 5 heteroatoms. The molecule has 0 radical (unpaired) electrons. The molecule has 3 rings (SSSR count). The molecule has 1 aliphatic heterocycles. The Bertz CT molecular complexity index is 654. The van der Waals surface area contributed by atoms with Gasteiger partial charge in [0.15, 0.2) is 0 Å². The zero-order valence-corrected chi connectivity index (χ0v) is 12.4. The topological polar surface area (TPSA) is 46.9 Å². The summed E-state index contributed by atoms with van der Waals surface area (Å²) in [5.41, 5.74) is 2.34. The van der Waals surface area contributed by atoms with Gasteiger partial charge in [0.05, 0.1) is 6.33 Å². The van der Waals surface area contributed by atoms with Gasteiger partial charge in [0, 0.05) is 28.9 Å². The molecule has 0 bridgehead atoms. The molecule has 0 spiro atoms. The molecule has 0 aliphatic carbocycles. The van der Waals surface area contributed by atoms with E-state index in [1.54, 1.807) is 23.9 Å². The van der Waals surface area contributed by atoms with Crippen molar-refractivity contribution in [2.75, 3.05) is 0 Å². The fourth-order valence-electron chi connectivity index (χ4n) is 2.44. The molecular weight excluding hydrogens is 270 g/mol. The number of carbonyl (C=O) groups is 1. The fraction of sp³-hybridized carbons (Fsp3) is 0.333. The molecule has 0 aromatic carbocycles. The number of carbonyl (C=O) groups excluding carboxylic acids is 1. The summed E-state index contributed by atoms with van der Waals surface area (Å²) < 4.78 is 2.01. The van der Waals surface area contributed by atoms with E-state index in [9.17, 15) is 4.79 Å². The van der Waals surface area contributed by atoms with Crippen molar-refractivity contribution in [3.63, 3.8) is 0 Å². The number of nitrogens with one attached hydrogen (secondary N) is 1. The Morgan fingerprint density at radius 3 is 3.05 bits per heavy atom. The van der Waals surface area contributed by atoms with Crippen LogP contribution in [0.1, 0.15) is 31.6 Å². The molecule has 1 N–H and O–H groups in total. The summed E-state index contributed by atoms with van der Waals surface area (Å²) in [4.78, 5) is 17.1. The molecule has 3 heterocycles. The van der Waals surface area contributed by atoms with Crippen LogP contribution in [0.3, 0.4) is 0 Å². The number of thiophene rings is 1. The molecule has 2 aromatic heterocycles. The van der Waals surface area contributed by atoms with Crippen molar-refractivity contribution < 1.29 is 4.79 Å². The highest BCUT2D eigenvalue weighted by atomic mass is 32.1. The molecule has 1 unspecified atom stereocenters. The molecule has 1 atom stereocenters. The van der Waals surface area contributed by atoms with Crippen molar-refractivity contribution in [1.29, 1.82) is 0 Å². The molecule has 0 saturated heterocycles. The first-order chi connectivity index (χ1) is 9.69. The SMILES string of the molecule is CCC1=C(c2ccc(-n3ccnc3)s2)CC(C)C(=O)N1. The zero-order chi connectivity index (χ0) is 14.1. The van der Waals surface area contributed by atoms with Gasteiger partial charge in [-0.3, -0.25) is 9.36 Å². The summed E-state index contributed by atoms with van der Waals surface area (Å²) in [6.07, 6.45) is 7.19. The standard InChI is InChI=1S/C15H17N3OS/c1-3-12-11(8-10(2)15(19)17-12)13-4-5-14(20-13)18-7-6-16-9-18/h4-7,9-10H,3,8H2,1-2H3,(H,17,19). The molecular formula is C15H17N3OS. The van der Waals surface area contributed by atoms with E-state index in [-0.39, 0.29) is 11.8 Å².